The highest BCUT2D eigenvalue weighted by molar-refractivity contribution is 7.15. The lowest BCUT2D eigenvalue weighted by atomic mass is 10.1. The van der Waals surface area contributed by atoms with Crippen LogP contribution in [0.25, 0.3) is 27.8 Å². The summed E-state index contributed by atoms with van der Waals surface area (Å²) in [4.78, 5) is 7.04. The predicted octanol–water partition coefficient (Wildman–Crippen LogP) is 7.73. The lowest BCUT2D eigenvalue weighted by Crippen LogP contribution is -2.00. The molecular formula is C23H24Cl2N4OS. The summed E-state index contributed by atoms with van der Waals surface area (Å²) in [5.41, 5.74) is 3.34. The number of aryl methyl sites for hydroxylation is 1. The molecule has 3 aromatic heterocycles. The van der Waals surface area contributed by atoms with Crippen LogP contribution in [0.5, 0.6) is 0 Å². The molecule has 0 aliphatic heterocycles. The van der Waals surface area contributed by atoms with Crippen molar-refractivity contribution in [2.45, 2.75) is 52.9 Å². The van der Waals surface area contributed by atoms with Crippen molar-refractivity contribution < 1.29 is 4.52 Å². The highest BCUT2D eigenvalue weighted by atomic mass is 35.5. The number of aromatic nitrogens is 4. The zero-order chi connectivity index (χ0) is 22.1. The Morgan fingerprint density at radius 2 is 1.97 bits per heavy atom. The van der Waals surface area contributed by atoms with Crippen LogP contribution in [-0.4, -0.2) is 19.9 Å². The van der Waals surface area contributed by atoms with E-state index in [0.29, 0.717) is 27.5 Å². The third-order valence-corrected chi connectivity index (χ3v) is 6.78. The first-order chi connectivity index (χ1) is 14.9. The largest absolute Gasteiger partial charge is 0.332 e. The summed E-state index contributed by atoms with van der Waals surface area (Å²) in [6.45, 7) is 8.30. The molecular weight excluding hydrogens is 451 g/mol. The van der Waals surface area contributed by atoms with E-state index in [9.17, 15) is 0 Å². The summed E-state index contributed by atoms with van der Waals surface area (Å²) in [5.74, 6) is 1.24. The maximum Gasteiger partial charge on any atom is 0.278 e. The van der Waals surface area contributed by atoms with Gasteiger partial charge in [0.1, 0.15) is 0 Å². The van der Waals surface area contributed by atoms with Gasteiger partial charge in [-0.2, -0.15) is 10.1 Å². The molecule has 0 bridgehead atoms. The van der Waals surface area contributed by atoms with Crippen LogP contribution in [0.1, 0.15) is 55.8 Å². The predicted molar refractivity (Wildman–Crippen MR) is 128 cm³/mol. The number of nitrogens with zero attached hydrogens (tertiary/aromatic N) is 4. The molecule has 0 atom stereocenters. The second kappa shape index (κ2) is 9.15. The van der Waals surface area contributed by atoms with Crippen LogP contribution < -0.4 is 0 Å². The van der Waals surface area contributed by atoms with Crippen LogP contribution in [0.15, 0.2) is 34.9 Å². The number of unbranched alkanes of at least 4 members (excludes halogenated alkanes) is 1. The molecule has 0 radical (unpaired) electrons. The minimum Gasteiger partial charge on any atom is -0.332 e. The number of hydrogen-bond donors (Lipinski definition) is 0. The van der Waals surface area contributed by atoms with E-state index in [1.54, 1.807) is 17.4 Å². The average Bonchev–Trinajstić information content (AvgIpc) is 3.45. The summed E-state index contributed by atoms with van der Waals surface area (Å²) in [5, 5.41) is 10.1. The molecule has 0 aliphatic carbocycles. The van der Waals surface area contributed by atoms with E-state index in [0.717, 1.165) is 28.2 Å². The minimum absolute atomic E-state index is 0.170. The van der Waals surface area contributed by atoms with Gasteiger partial charge < -0.3 is 4.52 Å². The smallest absolute Gasteiger partial charge is 0.278 e. The molecule has 3 heterocycles. The summed E-state index contributed by atoms with van der Waals surface area (Å²) in [6, 6.07) is 9.76. The molecule has 0 amide bonds. The molecule has 0 aliphatic rings. The molecule has 162 valence electrons. The fraction of sp³-hybridized carbons (Fsp3) is 0.348. The van der Waals surface area contributed by atoms with Gasteiger partial charge in [0.25, 0.3) is 5.89 Å². The SMILES string of the molecule is CCCCc1ccc(-c2c(C)c(-c3nc(C(C)C)no3)nn2-c2ccc(Cl)cc2Cl)s1. The van der Waals surface area contributed by atoms with Crippen molar-refractivity contribution in [2.75, 3.05) is 0 Å². The summed E-state index contributed by atoms with van der Waals surface area (Å²) >= 11 is 14.5. The first-order valence-corrected chi connectivity index (χ1v) is 11.9. The van der Waals surface area contributed by atoms with Gasteiger partial charge in [0.2, 0.25) is 0 Å². The van der Waals surface area contributed by atoms with Crippen LogP contribution in [-0.2, 0) is 6.42 Å². The van der Waals surface area contributed by atoms with Crippen LogP contribution in [0.2, 0.25) is 10.0 Å². The van der Waals surface area contributed by atoms with E-state index in [4.69, 9.17) is 32.8 Å². The highest BCUT2D eigenvalue weighted by Gasteiger charge is 2.25. The van der Waals surface area contributed by atoms with Crippen molar-refractivity contribution in [3.63, 3.8) is 0 Å². The Kier molecular flexibility index (Phi) is 6.51. The zero-order valence-electron chi connectivity index (χ0n) is 17.9. The van der Waals surface area contributed by atoms with Gasteiger partial charge in [0, 0.05) is 21.4 Å². The normalized spacial score (nSPS) is 11.6. The first kappa shape index (κ1) is 22.1. The van der Waals surface area contributed by atoms with Crippen molar-refractivity contribution >= 4 is 34.5 Å². The van der Waals surface area contributed by atoms with E-state index in [-0.39, 0.29) is 5.92 Å². The van der Waals surface area contributed by atoms with E-state index in [1.165, 1.54) is 17.7 Å². The third-order valence-electron chi connectivity index (χ3n) is 5.09. The fourth-order valence-corrected chi connectivity index (χ4v) is 5.00. The Labute approximate surface area is 196 Å². The Morgan fingerprint density at radius 3 is 2.65 bits per heavy atom. The topological polar surface area (TPSA) is 56.7 Å². The van der Waals surface area contributed by atoms with Crippen molar-refractivity contribution in [3.8, 4) is 27.8 Å². The molecule has 4 rings (SSSR count). The Hall–Kier alpha value is -2.15. The fourth-order valence-electron chi connectivity index (χ4n) is 3.37. The average molecular weight is 475 g/mol. The van der Waals surface area contributed by atoms with Gasteiger partial charge in [-0.1, -0.05) is 55.6 Å². The third kappa shape index (κ3) is 4.43. The molecule has 0 spiro atoms. The maximum atomic E-state index is 6.56. The second-order valence-electron chi connectivity index (χ2n) is 7.81. The van der Waals surface area contributed by atoms with E-state index >= 15 is 0 Å². The number of hydrogen-bond acceptors (Lipinski definition) is 5. The van der Waals surface area contributed by atoms with Crippen molar-refractivity contribution in [1.29, 1.82) is 0 Å². The van der Waals surface area contributed by atoms with Crippen LogP contribution in [0.3, 0.4) is 0 Å². The molecule has 5 nitrogen and oxygen atoms in total. The quantitative estimate of drug-likeness (QED) is 0.274. The van der Waals surface area contributed by atoms with Crippen LogP contribution in [0.4, 0.5) is 0 Å². The zero-order valence-corrected chi connectivity index (χ0v) is 20.3. The van der Waals surface area contributed by atoms with Crippen molar-refractivity contribution in [3.05, 3.63) is 56.6 Å². The van der Waals surface area contributed by atoms with Gasteiger partial charge in [-0.25, -0.2) is 4.68 Å². The summed E-state index contributed by atoms with van der Waals surface area (Å²) in [7, 11) is 0. The van der Waals surface area contributed by atoms with Crippen LogP contribution in [0, 0.1) is 6.92 Å². The van der Waals surface area contributed by atoms with Crippen molar-refractivity contribution in [1.82, 2.24) is 19.9 Å². The van der Waals surface area contributed by atoms with E-state index < -0.39 is 0 Å². The standard InChI is InChI=1S/C23H24Cl2N4OS/c1-5-6-7-16-9-11-19(31-16)21-14(4)20(23-26-22(13(2)3)28-30-23)27-29(21)18-10-8-15(24)12-17(18)25/h8-13H,5-7H2,1-4H3. The summed E-state index contributed by atoms with van der Waals surface area (Å²) < 4.78 is 7.41. The van der Waals surface area contributed by atoms with Crippen molar-refractivity contribution in [2.24, 2.45) is 0 Å². The van der Waals surface area contributed by atoms with Gasteiger partial charge in [0.05, 0.1) is 21.3 Å². The highest BCUT2D eigenvalue weighted by Crippen LogP contribution is 2.38. The van der Waals surface area contributed by atoms with Gasteiger partial charge in [-0.3, -0.25) is 0 Å². The number of benzene rings is 1. The lowest BCUT2D eigenvalue weighted by Gasteiger charge is -2.09. The molecule has 0 unspecified atom stereocenters. The number of thiophene rings is 1. The van der Waals surface area contributed by atoms with Gasteiger partial charge in [-0.05, 0) is 50.1 Å². The molecule has 0 N–H and O–H groups in total. The molecule has 4 aromatic rings. The molecule has 1 aromatic carbocycles. The maximum absolute atomic E-state index is 6.56. The summed E-state index contributed by atoms with van der Waals surface area (Å²) in [6.07, 6.45) is 3.42. The Bertz CT molecular complexity index is 1210. The molecule has 0 fully saturated rings. The molecule has 8 heteroatoms. The van der Waals surface area contributed by atoms with Gasteiger partial charge in [-0.15, -0.1) is 11.3 Å². The second-order valence-corrected chi connectivity index (χ2v) is 9.82. The molecule has 31 heavy (non-hydrogen) atoms. The number of halogens is 2. The first-order valence-electron chi connectivity index (χ1n) is 10.4. The van der Waals surface area contributed by atoms with Gasteiger partial charge >= 0.3 is 0 Å². The van der Waals surface area contributed by atoms with Crippen LogP contribution >= 0.6 is 34.5 Å². The molecule has 0 saturated heterocycles. The Morgan fingerprint density at radius 1 is 1.16 bits per heavy atom. The monoisotopic (exact) mass is 474 g/mol. The lowest BCUT2D eigenvalue weighted by molar-refractivity contribution is 0.417. The Balaban J connectivity index is 1.88. The van der Waals surface area contributed by atoms with Gasteiger partial charge in [0.15, 0.2) is 11.5 Å². The van der Waals surface area contributed by atoms with E-state index in [2.05, 4.69) is 29.2 Å². The van der Waals surface area contributed by atoms with E-state index in [1.807, 2.05) is 37.6 Å². The molecule has 0 saturated carbocycles. The number of rotatable bonds is 7. The minimum atomic E-state index is 0.170.